The second kappa shape index (κ2) is 8.26. The number of aliphatic hydroxyl groups is 2. The van der Waals surface area contributed by atoms with Crippen molar-refractivity contribution in [3.05, 3.63) is 0 Å². The molecule has 2 heterocycles. The summed E-state index contributed by atoms with van der Waals surface area (Å²) < 4.78 is 0. The number of piperidine rings is 2. The molecule has 2 saturated heterocycles. The average Bonchev–Trinajstić information content (AvgIpc) is 2.48. The fourth-order valence-electron chi connectivity index (χ4n) is 3.56. The maximum absolute atomic E-state index is 8.97. The largest absolute Gasteiger partial charge is 0.396 e. The Balaban J connectivity index is 1.92. The molecule has 2 fully saturated rings. The molecule has 2 rings (SSSR count). The summed E-state index contributed by atoms with van der Waals surface area (Å²) in [6, 6.07) is 0.930. The highest BCUT2D eigenvalue weighted by Crippen LogP contribution is 2.27. The molecule has 0 saturated carbocycles. The minimum atomic E-state index is 0.0963. The van der Waals surface area contributed by atoms with Crippen LogP contribution in [0.2, 0.25) is 0 Å². The van der Waals surface area contributed by atoms with Gasteiger partial charge in [0, 0.05) is 37.3 Å². The number of rotatable bonds is 7. The van der Waals surface area contributed by atoms with Gasteiger partial charge >= 0.3 is 0 Å². The van der Waals surface area contributed by atoms with E-state index in [0.717, 1.165) is 51.9 Å². The van der Waals surface area contributed by atoms with Gasteiger partial charge in [0.2, 0.25) is 0 Å². The van der Waals surface area contributed by atoms with Crippen LogP contribution in [0, 0.1) is 0 Å². The molecular weight excluding hydrogens is 256 g/mol. The third-order valence-electron chi connectivity index (χ3n) is 4.57. The van der Waals surface area contributed by atoms with Crippen molar-refractivity contribution in [3.8, 4) is 0 Å². The Labute approximate surface area is 121 Å². The molecule has 0 aromatic heterocycles. The van der Waals surface area contributed by atoms with Crippen LogP contribution in [0.15, 0.2) is 0 Å². The van der Waals surface area contributed by atoms with Crippen LogP contribution < -0.4 is 21.3 Å². The summed E-state index contributed by atoms with van der Waals surface area (Å²) in [5.41, 5.74) is 0.0963. The zero-order chi connectivity index (χ0) is 14.3. The highest BCUT2D eigenvalue weighted by Gasteiger charge is 2.43. The first-order valence-corrected chi connectivity index (χ1v) is 7.95. The van der Waals surface area contributed by atoms with Crippen molar-refractivity contribution in [2.45, 2.75) is 43.3 Å². The summed E-state index contributed by atoms with van der Waals surface area (Å²) in [7, 11) is 0. The molecule has 0 aliphatic carbocycles. The van der Waals surface area contributed by atoms with Crippen molar-refractivity contribution in [2.24, 2.45) is 0 Å². The van der Waals surface area contributed by atoms with Crippen molar-refractivity contribution in [2.75, 3.05) is 45.9 Å². The van der Waals surface area contributed by atoms with E-state index in [-0.39, 0.29) is 18.8 Å². The first-order valence-electron chi connectivity index (χ1n) is 7.95. The molecule has 0 aromatic rings. The van der Waals surface area contributed by atoms with Crippen LogP contribution in [0.4, 0.5) is 0 Å². The number of nitrogens with one attached hydrogen (secondary N) is 4. The van der Waals surface area contributed by atoms with Crippen molar-refractivity contribution in [1.29, 1.82) is 0 Å². The van der Waals surface area contributed by atoms with Crippen molar-refractivity contribution in [3.63, 3.8) is 0 Å². The van der Waals surface area contributed by atoms with Gasteiger partial charge in [-0.3, -0.25) is 0 Å². The van der Waals surface area contributed by atoms with Crippen LogP contribution >= 0.6 is 0 Å². The molecule has 0 radical (unpaired) electrons. The smallest absolute Gasteiger partial charge is 0.0556 e. The Kier molecular flexibility index (Phi) is 6.67. The van der Waals surface area contributed by atoms with Crippen LogP contribution in [-0.2, 0) is 0 Å². The Bertz CT molecular complexity index is 276. The van der Waals surface area contributed by atoms with Gasteiger partial charge in [0.1, 0.15) is 0 Å². The standard InChI is InChI=1S/C14H30N4O2/c19-8-1-4-17-13-3-5-15-11-14(13)10-12(2-6-18-14)16-7-9-20/h12-13,15-20H,1-11H2. The Morgan fingerprint density at radius 3 is 2.75 bits per heavy atom. The van der Waals surface area contributed by atoms with Crippen molar-refractivity contribution >= 4 is 0 Å². The van der Waals surface area contributed by atoms with E-state index in [4.69, 9.17) is 10.2 Å². The molecule has 0 amide bonds. The summed E-state index contributed by atoms with van der Waals surface area (Å²) in [6.07, 6.45) is 4.12. The van der Waals surface area contributed by atoms with Gasteiger partial charge in [0.25, 0.3) is 0 Å². The molecule has 20 heavy (non-hydrogen) atoms. The normalized spacial score (nSPS) is 34.5. The maximum atomic E-state index is 8.97. The molecule has 3 unspecified atom stereocenters. The van der Waals surface area contributed by atoms with Gasteiger partial charge in [-0.25, -0.2) is 0 Å². The molecule has 2 aliphatic heterocycles. The van der Waals surface area contributed by atoms with Crippen molar-refractivity contribution in [1.82, 2.24) is 21.3 Å². The molecule has 2 aliphatic rings. The van der Waals surface area contributed by atoms with Crippen LogP contribution in [-0.4, -0.2) is 73.8 Å². The molecule has 6 nitrogen and oxygen atoms in total. The van der Waals surface area contributed by atoms with Crippen LogP contribution in [0.3, 0.4) is 0 Å². The first-order chi connectivity index (χ1) is 9.80. The molecule has 0 bridgehead atoms. The zero-order valence-electron chi connectivity index (χ0n) is 12.3. The molecule has 1 spiro atoms. The van der Waals surface area contributed by atoms with Crippen LogP contribution in [0.1, 0.15) is 25.7 Å². The van der Waals surface area contributed by atoms with E-state index in [1.807, 2.05) is 0 Å². The SMILES string of the molecule is OCCCNC1CCNCC12CC(NCCO)CCN2. The van der Waals surface area contributed by atoms with E-state index < -0.39 is 0 Å². The summed E-state index contributed by atoms with van der Waals surface area (Å²) in [6.45, 7) is 5.06. The summed E-state index contributed by atoms with van der Waals surface area (Å²) in [5, 5.41) is 32.2. The average molecular weight is 286 g/mol. The van der Waals surface area contributed by atoms with E-state index in [2.05, 4.69) is 21.3 Å². The molecule has 0 aromatic carbocycles. The molecule has 3 atom stereocenters. The lowest BCUT2D eigenvalue weighted by molar-refractivity contribution is 0.121. The van der Waals surface area contributed by atoms with E-state index in [1.54, 1.807) is 0 Å². The second-order valence-electron chi connectivity index (χ2n) is 6.00. The lowest BCUT2D eigenvalue weighted by Gasteiger charge is -2.50. The van der Waals surface area contributed by atoms with Gasteiger partial charge in [0.15, 0.2) is 0 Å². The third kappa shape index (κ3) is 4.13. The Hall–Kier alpha value is -0.240. The van der Waals surface area contributed by atoms with Gasteiger partial charge in [0.05, 0.1) is 6.61 Å². The van der Waals surface area contributed by atoms with Crippen LogP contribution in [0.25, 0.3) is 0 Å². The lowest BCUT2D eigenvalue weighted by Crippen LogP contribution is -2.71. The van der Waals surface area contributed by atoms with Gasteiger partial charge in [-0.2, -0.15) is 0 Å². The van der Waals surface area contributed by atoms with Gasteiger partial charge in [-0.05, 0) is 45.3 Å². The number of hydrogen-bond acceptors (Lipinski definition) is 6. The first kappa shape index (κ1) is 16.1. The predicted molar refractivity (Wildman–Crippen MR) is 79.8 cm³/mol. The van der Waals surface area contributed by atoms with E-state index in [0.29, 0.717) is 18.6 Å². The van der Waals surface area contributed by atoms with Gasteiger partial charge in [-0.15, -0.1) is 0 Å². The minimum absolute atomic E-state index is 0.0963. The molecule has 6 heteroatoms. The fraction of sp³-hybridized carbons (Fsp3) is 1.00. The highest BCUT2D eigenvalue weighted by atomic mass is 16.3. The number of aliphatic hydroxyl groups excluding tert-OH is 2. The molecule has 6 N–H and O–H groups in total. The Morgan fingerprint density at radius 2 is 1.95 bits per heavy atom. The Morgan fingerprint density at radius 1 is 1.05 bits per heavy atom. The predicted octanol–water partition coefficient (Wildman–Crippen LogP) is -1.61. The monoisotopic (exact) mass is 286 g/mol. The fourth-order valence-corrected chi connectivity index (χ4v) is 3.56. The minimum Gasteiger partial charge on any atom is -0.396 e. The van der Waals surface area contributed by atoms with Crippen molar-refractivity contribution < 1.29 is 10.2 Å². The summed E-state index contributed by atoms with van der Waals surface area (Å²) in [4.78, 5) is 0. The highest BCUT2D eigenvalue weighted by molar-refractivity contribution is 5.07. The third-order valence-corrected chi connectivity index (χ3v) is 4.57. The lowest BCUT2D eigenvalue weighted by atomic mass is 9.76. The summed E-state index contributed by atoms with van der Waals surface area (Å²) >= 11 is 0. The van der Waals surface area contributed by atoms with Crippen LogP contribution in [0.5, 0.6) is 0 Å². The quantitative estimate of drug-likeness (QED) is 0.316. The summed E-state index contributed by atoms with van der Waals surface area (Å²) in [5.74, 6) is 0. The maximum Gasteiger partial charge on any atom is 0.0556 e. The van der Waals surface area contributed by atoms with Gasteiger partial charge in [-0.1, -0.05) is 0 Å². The van der Waals surface area contributed by atoms with E-state index in [9.17, 15) is 0 Å². The number of hydrogen-bond donors (Lipinski definition) is 6. The second-order valence-corrected chi connectivity index (χ2v) is 6.00. The van der Waals surface area contributed by atoms with Gasteiger partial charge < -0.3 is 31.5 Å². The molecular formula is C14H30N4O2. The topological polar surface area (TPSA) is 88.6 Å². The van der Waals surface area contributed by atoms with E-state index in [1.165, 1.54) is 0 Å². The zero-order valence-corrected chi connectivity index (χ0v) is 12.3. The molecule has 118 valence electrons. The van der Waals surface area contributed by atoms with E-state index >= 15 is 0 Å².